The molecule has 1 saturated heterocycles. The molecule has 0 bridgehead atoms. The molecule has 1 aromatic carbocycles. The summed E-state index contributed by atoms with van der Waals surface area (Å²) in [5, 5.41) is 3.07. The van der Waals surface area contributed by atoms with Gasteiger partial charge in [0, 0.05) is 25.8 Å². The number of carbonyl (C=O) groups is 1. The van der Waals surface area contributed by atoms with E-state index in [-0.39, 0.29) is 11.3 Å². The van der Waals surface area contributed by atoms with Crippen LogP contribution in [0.15, 0.2) is 24.3 Å². The van der Waals surface area contributed by atoms with Crippen LogP contribution < -0.4 is 5.32 Å². The van der Waals surface area contributed by atoms with Gasteiger partial charge in [-0.3, -0.25) is 4.79 Å². The highest BCUT2D eigenvalue weighted by atomic mass is 16.2. The molecule has 2 rings (SSSR count). The maximum Gasteiger partial charge on any atom is 0.255 e. The number of nitrogens with one attached hydrogen (secondary N) is 1. The summed E-state index contributed by atoms with van der Waals surface area (Å²) >= 11 is 0. The average Bonchev–Trinajstić information content (AvgIpc) is 2.68. The van der Waals surface area contributed by atoms with Gasteiger partial charge in [-0.15, -0.1) is 0 Å². The van der Waals surface area contributed by atoms with Gasteiger partial charge >= 0.3 is 0 Å². The lowest BCUT2D eigenvalue weighted by atomic mass is 9.93. The quantitative estimate of drug-likeness (QED) is 0.850. The number of amides is 1. The van der Waals surface area contributed by atoms with E-state index in [1.54, 1.807) is 0 Å². The van der Waals surface area contributed by atoms with Gasteiger partial charge in [0.1, 0.15) is 0 Å². The molecule has 3 heteroatoms. The first kappa shape index (κ1) is 12.0. The summed E-state index contributed by atoms with van der Waals surface area (Å²) in [6, 6.07) is 7.68. The molecule has 0 aromatic heterocycles. The molecule has 17 heavy (non-hydrogen) atoms. The Bertz CT molecular complexity index is 426. The monoisotopic (exact) mass is 232 g/mol. The van der Waals surface area contributed by atoms with Crippen molar-refractivity contribution < 1.29 is 4.79 Å². The smallest absolute Gasteiger partial charge is 0.255 e. The molecular formula is C14H20N2O. The third kappa shape index (κ3) is 2.43. The first-order valence-electron chi connectivity index (χ1n) is 6.09. The van der Waals surface area contributed by atoms with Crippen molar-refractivity contribution in [3.05, 3.63) is 29.8 Å². The molecule has 0 atom stereocenters. The molecule has 0 saturated carbocycles. The number of benzene rings is 1. The van der Waals surface area contributed by atoms with Gasteiger partial charge in [0.05, 0.1) is 5.56 Å². The molecule has 0 aliphatic carbocycles. The van der Waals surface area contributed by atoms with Crippen molar-refractivity contribution in [1.29, 1.82) is 0 Å². The normalized spacial score (nSPS) is 18.2. The SMILES string of the molecule is CNc1ccccc1C(=O)N1CCC(C)(C)C1. The zero-order chi connectivity index (χ0) is 12.5. The van der Waals surface area contributed by atoms with E-state index in [9.17, 15) is 4.79 Å². The van der Waals surface area contributed by atoms with Crippen molar-refractivity contribution >= 4 is 11.6 Å². The van der Waals surface area contributed by atoms with E-state index >= 15 is 0 Å². The van der Waals surface area contributed by atoms with E-state index in [1.165, 1.54) is 0 Å². The molecule has 1 N–H and O–H groups in total. The maximum atomic E-state index is 12.4. The van der Waals surface area contributed by atoms with Crippen LogP contribution in [-0.2, 0) is 0 Å². The second kappa shape index (κ2) is 4.40. The van der Waals surface area contributed by atoms with E-state index < -0.39 is 0 Å². The summed E-state index contributed by atoms with van der Waals surface area (Å²) in [7, 11) is 1.85. The van der Waals surface area contributed by atoms with Crippen molar-refractivity contribution in [3.8, 4) is 0 Å². The Morgan fingerprint density at radius 3 is 2.65 bits per heavy atom. The van der Waals surface area contributed by atoms with Crippen LogP contribution in [0.3, 0.4) is 0 Å². The van der Waals surface area contributed by atoms with Crippen molar-refractivity contribution in [1.82, 2.24) is 4.90 Å². The van der Waals surface area contributed by atoms with Crippen molar-refractivity contribution in [2.75, 3.05) is 25.5 Å². The van der Waals surface area contributed by atoms with E-state index in [2.05, 4.69) is 19.2 Å². The van der Waals surface area contributed by atoms with Crippen molar-refractivity contribution in [2.24, 2.45) is 5.41 Å². The second-order valence-corrected chi connectivity index (χ2v) is 5.44. The zero-order valence-corrected chi connectivity index (χ0v) is 10.8. The summed E-state index contributed by atoms with van der Waals surface area (Å²) in [6.07, 6.45) is 1.08. The van der Waals surface area contributed by atoms with Crippen LogP contribution in [0.2, 0.25) is 0 Å². The molecule has 1 fully saturated rings. The minimum Gasteiger partial charge on any atom is -0.387 e. The van der Waals surface area contributed by atoms with Gasteiger partial charge < -0.3 is 10.2 Å². The summed E-state index contributed by atoms with van der Waals surface area (Å²) < 4.78 is 0. The Kier molecular flexibility index (Phi) is 3.09. The first-order valence-corrected chi connectivity index (χ1v) is 6.09. The molecule has 1 amide bonds. The molecule has 0 unspecified atom stereocenters. The van der Waals surface area contributed by atoms with Gasteiger partial charge in [-0.1, -0.05) is 26.0 Å². The summed E-state index contributed by atoms with van der Waals surface area (Å²) in [4.78, 5) is 14.4. The third-order valence-corrected chi connectivity index (χ3v) is 3.39. The lowest BCUT2D eigenvalue weighted by molar-refractivity contribution is 0.0779. The Morgan fingerprint density at radius 1 is 1.35 bits per heavy atom. The molecule has 92 valence electrons. The van der Waals surface area contributed by atoms with Crippen molar-refractivity contribution in [2.45, 2.75) is 20.3 Å². The van der Waals surface area contributed by atoms with Crippen LogP contribution in [0.5, 0.6) is 0 Å². The second-order valence-electron chi connectivity index (χ2n) is 5.44. The van der Waals surface area contributed by atoms with Crippen LogP contribution >= 0.6 is 0 Å². The summed E-state index contributed by atoms with van der Waals surface area (Å²) in [6.45, 7) is 6.14. The number of nitrogens with zero attached hydrogens (tertiary/aromatic N) is 1. The lowest BCUT2D eigenvalue weighted by Crippen LogP contribution is -2.30. The fourth-order valence-electron chi connectivity index (χ4n) is 2.34. The molecule has 0 radical (unpaired) electrons. The molecule has 1 aliphatic rings. The van der Waals surface area contributed by atoms with Crippen LogP contribution in [0.25, 0.3) is 0 Å². The number of para-hydroxylation sites is 1. The van der Waals surface area contributed by atoms with Gasteiger partial charge in [0.2, 0.25) is 0 Å². The third-order valence-electron chi connectivity index (χ3n) is 3.39. The first-order chi connectivity index (χ1) is 8.03. The molecule has 1 heterocycles. The lowest BCUT2D eigenvalue weighted by Gasteiger charge is -2.21. The highest BCUT2D eigenvalue weighted by Gasteiger charge is 2.32. The van der Waals surface area contributed by atoms with Crippen LogP contribution in [-0.4, -0.2) is 30.9 Å². The van der Waals surface area contributed by atoms with Gasteiger partial charge in [0.25, 0.3) is 5.91 Å². The van der Waals surface area contributed by atoms with Gasteiger partial charge in [0.15, 0.2) is 0 Å². The molecular weight excluding hydrogens is 212 g/mol. The van der Waals surface area contributed by atoms with E-state index in [0.717, 1.165) is 30.8 Å². The Hall–Kier alpha value is -1.51. The van der Waals surface area contributed by atoms with Crippen molar-refractivity contribution in [3.63, 3.8) is 0 Å². The number of rotatable bonds is 2. The largest absolute Gasteiger partial charge is 0.387 e. The molecule has 0 spiro atoms. The molecule has 1 aromatic rings. The summed E-state index contributed by atoms with van der Waals surface area (Å²) in [5.74, 6) is 0.139. The van der Waals surface area contributed by atoms with Gasteiger partial charge in [-0.2, -0.15) is 0 Å². The minimum atomic E-state index is 0.139. The number of anilines is 1. The number of likely N-dealkylation sites (tertiary alicyclic amines) is 1. The zero-order valence-electron chi connectivity index (χ0n) is 10.8. The predicted molar refractivity (Wildman–Crippen MR) is 70.3 cm³/mol. The van der Waals surface area contributed by atoms with E-state index in [1.807, 2.05) is 36.2 Å². The van der Waals surface area contributed by atoms with Crippen LogP contribution in [0, 0.1) is 5.41 Å². The highest BCUT2D eigenvalue weighted by Crippen LogP contribution is 2.30. The fourth-order valence-corrected chi connectivity index (χ4v) is 2.34. The average molecular weight is 232 g/mol. The van der Waals surface area contributed by atoms with E-state index in [0.29, 0.717) is 0 Å². The number of carbonyl (C=O) groups excluding carboxylic acids is 1. The minimum absolute atomic E-state index is 0.139. The Balaban J connectivity index is 2.20. The van der Waals surface area contributed by atoms with Crippen LogP contribution in [0.4, 0.5) is 5.69 Å². The predicted octanol–water partition coefficient (Wildman–Crippen LogP) is 2.60. The van der Waals surface area contributed by atoms with Gasteiger partial charge in [-0.05, 0) is 24.0 Å². The standard InChI is InChI=1S/C14H20N2O/c1-14(2)8-9-16(10-14)13(17)11-6-4-5-7-12(11)15-3/h4-7,15H,8-10H2,1-3H3. The van der Waals surface area contributed by atoms with Crippen LogP contribution in [0.1, 0.15) is 30.6 Å². The number of hydrogen-bond donors (Lipinski definition) is 1. The molecule has 1 aliphatic heterocycles. The topological polar surface area (TPSA) is 32.3 Å². The van der Waals surface area contributed by atoms with E-state index in [4.69, 9.17) is 0 Å². The Labute approximate surface area is 103 Å². The van der Waals surface area contributed by atoms with Gasteiger partial charge in [-0.25, -0.2) is 0 Å². The fraction of sp³-hybridized carbons (Fsp3) is 0.500. The number of hydrogen-bond acceptors (Lipinski definition) is 2. The maximum absolute atomic E-state index is 12.4. The summed E-state index contributed by atoms with van der Waals surface area (Å²) in [5.41, 5.74) is 1.93. The highest BCUT2D eigenvalue weighted by molar-refractivity contribution is 5.99. The molecule has 3 nitrogen and oxygen atoms in total. The Morgan fingerprint density at radius 2 is 2.06 bits per heavy atom.